The van der Waals surface area contributed by atoms with Gasteiger partial charge in [-0.1, -0.05) is 48.5 Å². The number of benzene rings is 2. The highest BCUT2D eigenvalue weighted by molar-refractivity contribution is 5.95. The fourth-order valence-corrected chi connectivity index (χ4v) is 2.99. The number of ether oxygens (including phenoxy) is 2. The fraction of sp³-hybridized carbons (Fsp3) is 0.238. The van der Waals surface area contributed by atoms with Crippen LogP contribution in [-0.2, 0) is 16.1 Å². The van der Waals surface area contributed by atoms with E-state index in [0.717, 1.165) is 5.56 Å². The second-order valence-electron chi connectivity index (χ2n) is 6.10. The molecular formula is C21H22N2O4. The van der Waals surface area contributed by atoms with Gasteiger partial charge in [-0.15, -0.1) is 0 Å². The number of allylic oxidation sites excluding steroid dienone is 1. The molecule has 0 bridgehead atoms. The van der Waals surface area contributed by atoms with Crippen LogP contribution in [-0.4, -0.2) is 18.6 Å². The number of nitrogens with one attached hydrogen (secondary N) is 2. The second-order valence-corrected chi connectivity index (χ2v) is 6.10. The van der Waals surface area contributed by atoms with Gasteiger partial charge >= 0.3 is 12.0 Å². The molecule has 0 saturated heterocycles. The molecule has 6 nitrogen and oxygen atoms in total. The van der Waals surface area contributed by atoms with Crippen molar-refractivity contribution in [3.05, 3.63) is 77.0 Å². The molecule has 0 aliphatic carbocycles. The molecule has 2 N–H and O–H groups in total. The summed E-state index contributed by atoms with van der Waals surface area (Å²) in [5.41, 5.74) is 2.57. The summed E-state index contributed by atoms with van der Waals surface area (Å²) in [6, 6.07) is 16.1. The number of urea groups is 1. The van der Waals surface area contributed by atoms with Crippen LogP contribution in [0.15, 0.2) is 65.9 Å². The number of esters is 1. The summed E-state index contributed by atoms with van der Waals surface area (Å²) in [5.74, 6) is 0.133. The zero-order chi connectivity index (χ0) is 19.2. The fourth-order valence-electron chi connectivity index (χ4n) is 2.99. The van der Waals surface area contributed by atoms with Gasteiger partial charge in [0, 0.05) is 11.3 Å². The molecule has 6 heteroatoms. The number of carbonyl (C=O) groups excluding carboxylic acids is 2. The molecule has 0 spiro atoms. The first kappa shape index (κ1) is 18.5. The molecule has 2 aromatic carbocycles. The summed E-state index contributed by atoms with van der Waals surface area (Å²) in [4.78, 5) is 24.5. The van der Waals surface area contributed by atoms with E-state index < -0.39 is 12.0 Å². The minimum Gasteiger partial charge on any atom is -0.489 e. The molecule has 3 rings (SSSR count). The number of para-hydroxylation sites is 1. The Hall–Kier alpha value is -3.28. The Kier molecular flexibility index (Phi) is 5.76. The summed E-state index contributed by atoms with van der Waals surface area (Å²) in [5, 5.41) is 5.44. The lowest BCUT2D eigenvalue weighted by molar-refractivity contribution is -0.139. The molecule has 140 valence electrons. The van der Waals surface area contributed by atoms with Gasteiger partial charge < -0.3 is 20.1 Å². The van der Waals surface area contributed by atoms with Gasteiger partial charge in [0.05, 0.1) is 18.2 Å². The van der Waals surface area contributed by atoms with Crippen molar-refractivity contribution in [2.45, 2.75) is 26.5 Å². The van der Waals surface area contributed by atoms with Crippen molar-refractivity contribution in [1.82, 2.24) is 10.6 Å². The third-order valence-electron chi connectivity index (χ3n) is 4.23. The van der Waals surface area contributed by atoms with E-state index in [1.165, 1.54) is 0 Å². The van der Waals surface area contributed by atoms with Crippen LogP contribution in [0.2, 0.25) is 0 Å². The summed E-state index contributed by atoms with van der Waals surface area (Å²) >= 11 is 0. The first-order chi connectivity index (χ1) is 13.1. The third kappa shape index (κ3) is 4.28. The maximum atomic E-state index is 12.5. The molecule has 0 fully saturated rings. The van der Waals surface area contributed by atoms with Crippen molar-refractivity contribution in [2.75, 3.05) is 6.61 Å². The zero-order valence-corrected chi connectivity index (χ0v) is 15.3. The van der Waals surface area contributed by atoms with Gasteiger partial charge in [0.25, 0.3) is 0 Å². The van der Waals surface area contributed by atoms with Crippen LogP contribution in [0.25, 0.3) is 0 Å². The number of hydrogen-bond acceptors (Lipinski definition) is 4. The van der Waals surface area contributed by atoms with E-state index in [1.807, 2.05) is 54.6 Å². The Labute approximate surface area is 158 Å². The van der Waals surface area contributed by atoms with E-state index in [2.05, 4.69) is 10.6 Å². The average molecular weight is 366 g/mol. The number of amides is 2. The molecule has 1 aliphatic heterocycles. The molecule has 2 amide bonds. The lowest BCUT2D eigenvalue weighted by Gasteiger charge is -2.29. The molecule has 27 heavy (non-hydrogen) atoms. The molecule has 0 aromatic heterocycles. The monoisotopic (exact) mass is 366 g/mol. The van der Waals surface area contributed by atoms with Crippen LogP contribution in [0.5, 0.6) is 5.75 Å². The minimum atomic E-state index is -0.648. The van der Waals surface area contributed by atoms with E-state index in [1.54, 1.807) is 13.8 Å². The van der Waals surface area contributed by atoms with Crippen molar-refractivity contribution >= 4 is 12.0 Å². The zero-order valence-electron chi connectivity index (χ0n) is 15.3. The molecule has 1 heterocycles. The summed E-state index contributed by atoms with van der Waals surface area (Å²) < 4.78 is 11.2. The predicted octanol–water partition coefficient (Wildman–Crippen LogP) is 3.46. The van der Waals surface area contributed by atoms with Crippen LogP contribution < -0.4 is 15.4 Å². The normalized spacial score (nSPS) is 16.4. The Morgan fingerprint density at radius 2 is 1.78 bits per heavy atom. The predicted molar refractivity (Wildman–Crippen MR) is 101 cm³/mol. The summed E-state index contributed by atoms with van der Waals surface area (Å²) in [6.45, 7) is 4.07. The van der Waals surface area contributed by atoms with Crippen LogP contribution >= 0.6 is 0 Å². The van der Waals surface area contributed by atoms with Gasteiger partial charge in [-0.05, 0) is 25.5 Å². The van der Waals surface area contributed by atoms with Gasteiger partial charge in [0.1, 0.15) is 12.4 Å². The maximum Gasteiger partial charge on any atom is 0.338 e. The van der Waals surface area contributed by atoms with Crippen LogP contribution in [0.1, 0.15) is 31.0 Å². The third-order valence-corrected chi connectivity index (χ3v) is 4.23. The molecule has 0 saturated carbocycles. The number of carbonyl (C=O) groups is 2. The average Bonchev–Trinajstić information content (AvgIpc) is 2.67. The first-order valence-electron chi connectivity index (χ1n) is 8.81. The summed E-state index contributed by atoms with van der Waals surface area (Å²) in [6.07, 6.45) is 0. The second kappa shape index (κ2) is 8.40. The minimum absolute atomic E-state index is 0.252. The molecular weight excluding hydrogens is 344 g/mol. The quantitative estimate of drug-likeness (QED) is 0.768. The van der Waals surface area contributed by atoms with Crippen molar-refractivity contribution in [2.24, 2.45) is 0 Å². The van der Waals surface area contributed by atoms with Crippen LogP contribution in [0.4, 0.5) is 4.79 Å². The van der Waals surface area contributed by atoms with E-state index in [9.17, 15) is 9.59 Å². The Bertz CT molecular complexity index is 861. The Balaban J connectivity index is 1.92. The molecule has 1 atom stereocenters. The van der Waals surface area contributed by atoms with E-state index >= 15 is 0 Å². The highest BCUT2D eigenvalue weighted by atomic mass is 16.5. The van der Waals surface area contributed by atoms with Gasteiger partial charge in [-0.2, -0.15) is 0 Å². The first-order valence-corrected chi connectivity index (χ1v) is 8.81. The van der Waals surface area contributed by atoms with Gasteiger partial charge in [-0.25, -0.2) is 9.59 Å². The Morgan fingerprint density at radius 1 is 1.07 bits per heavy atom. The largest absolute Gasteiger partial charge is 0.489 e. The number of rotatable bonds is 6. The maximum absolute atomic E-state index is 12.5. The highest BCUT2D eigenvalue weighted by Gasteiger charge is 2.33. The van der Waals surface area contributed by atoms with Crippen molar-refractivity contribution in [1.29, 1.82) is 0 Å². The van der Waals surface area contributed by atoms with E-state index in [0.29, 0.717) is 29.2 Å². The van der Waals surface area contributed by atoms with Crippen molar-refractivity contribution in [3.8, 4) is 5.75 Å². The van der Waals surface area contributed by atoms with Gasteiger partial charge in [0.2, 0.25) is 0 Å². The van der Waals surface area contributed by atoms with E-state index in [4.69, 9.17) is 9.47 Å². The lowest BCUT2D eigenvalue weighted by Crippen LogP contribution is -2.45. The van der Waals surface area contributed by atoms with Gasteiger partial charge in [0.15, 0.2) is 0 Å². The number of hydrogen-bond donors (Lipinski definition) is 2. The Morgan fingerprint density at radius 3 is 2.52 bits per heavy atom. The van der Waals surface area contributed by atoms with Crippen LogP contribution in [0, 0.1) is 0 Å². The topological polar surface area (TPSA) is 76.7 Å². The summed E-state index contributed by atoms with van der Waals surface area (Å²) in [7, 11) is 0. The molecule has 2 aromatic rings. The molecule has 1 unspecified atom stereocenters. The lowest BCUT2D eigenvalue weighted by atomic mass is 9.95. The van der Waals surface area contributed by atoms with Crippen molar-refractivity contribution < 1.29 is 19.1 Å². The molecule has 1 aliphatic rings. The van der Waals surface area contributed by atoms with Crippen molar-refractivity contribution in [3.63, 3.8) is 0 Å². The standard InChI is InChI=1S/C21H22N2O4/c1-3-26-20(24)18-14(2)22-21(25)23-19(18)16-11-7-8-12-17(16)27-13-15-9-5-4-6-10-15/h4-12,19H,3,13H2,1-2H3,(H2,22,23,25). The van der Waals surface area contributed by atoms with Gasteiger partial charge in [-0.3, -0.25) is 0 Å². The smallest absolute Gasteiger partial charge is 0.338 e. The molecule has 0 radical (unpaired) electrons. The van der Waals surface area contributed by atoms with E-state index in [-0.39, 0.29) is 12.6 Å². The SMILES string of the molecule is CCOC(=O)C1=C(C)NC(=O)NC1c1ccccc1OCc1ccccc1. The van der Waals surface area contributed by atoms with Crippen LogP contribution in [0.3, 0.4) is 0 Å². The highest BCUT2D eigenvalue weighted by Crippen LogP contribution is 2.33.